The van der Waals surface area contributed by atoms with E-state index in [2.05, 4.69) is 31.7 Å². The number of methoxy groups -OCH3 is 1. The van der Waals surface area contributed by atoms with Gasteiger partial charge in [-0.3, -0.25) is 4.90 Å². The monoisotopic (exact) mass is 262 g/mol. The Labute approximate surface area is 116 Å². The molecule has 0 bridgehead atoms. The highest BCUT2D eigenvalue weighted by Crippen LogP contribution is 2.34. The zero-order chi connectivity index (χ0) is 14.0. The van der Waals surface area contributed by atoms with E-state index in [4.69, 9.17) is 10.5 Å². The Hall–Kier alpha value is -1.06. The van der Waals surface area contributed by atoms with Crippen molar-refractivity contribution in [1.29, 1.82) is 0 Å². The Balaban J connectivity index is 2.42. The average Bonchev–Trinajstić information content (AvgIpc) is 2.90. The van der Waals surface area contributed by atoms with Crippen LogP contribution < -0.4 is 10.5 Å². The van der Waals surface area contributed by atoms with Crippen molar-refractivity contribution in [2.75, 3.05) is 26.7 Å². The molecule has 2 rings (SSSR count). The minimum atomic E-state index is 0.353. The van der Waals surface area contributed by atoms with Crippen molar-refractivity contribution in [1.82, 2.24) is 4.90 Å². The Bertz CT molecular complexity index is 451. The molecular weight excluding hydrogens is 236 g/mol. The fourth-order valence-electron chi connectivity index (χ4n) is 3.28. The molecule has 0 radical (unpaired) electrons. The third-order valence-corrected chi connectivity index (χ3v) is 4.43. The molecule has 0 aliphatic carbocycles. The molecule has 1 heterocycles. The number of hydrogen-bond donors (Lipinski definition) is 1. The van der Waals surface area contributed by atoms with Gasteiger partial charge in [0, 0.05) is 12.6 Å². The maximum absolute atomic E-state index is 6.05. The Morgan fingerprint density at radius 3 is 2.37 bits per heavy atom. The van der Waals surface area contributed by atoms with Crippen LogP contribution in [0.5, 0.6) is 5.75 Å². The summed E-state index contributed by atoms with van der Waals surface area (Å²) in [4.78, 5) is 2.52. The van der Waals surface area contributed by atoms with Gasteiger partial charge in [-0.1, -0.05) is 6.07 Å². The molecular formula is C16H26N2O. The summed E-state index contributed by atoms with van der Waals surface area (Å²) in [5, 5.41) is 0. The number of ether oxygens (including phenoxy) is 1. The largest absolute Gasteiger partial charge is 0.496 e. The zero-order valence-electron chi connectivity index (χ0n) is 12.6. The van der Waals surface area contributed by atoms with Crippen LogP contribution in [-0.4, -0.2) is 31.6 Å². The third-order valence-electron chi connectivity index (χ3n) is 4.43. The highest BCUT2D eigenvalue weighted by atomic mass is 16.5. The highest BCUT2D eigenvalue weighted by molar-refractivity contribution is 5.50. The van der Waals surface area contributed by atoms with Crippen LogP contribution >= 0.6 is 0 Å². The normalized spacial score (nSPS) is 17.7. The van der Waals surface area contributed by atoms with Gasteiger partial charge in [0.1, 0.15) is 5.75 Å². The van der Waals surface area contributed by atoms with E-state index in [-0.39, 0.29) is 0 Å². The Morgan fingerprint density at radius 1 is 1.21 bits per heavy atom. The summed E-state index contributed by atoms with van der Waals surface area (Å²) in [6, 6.07) is 2.61. The molecule has 1 atom stereocenters. The molecule has 1 aliphatic rings. The molecule has 106 valence electrons. The smallest absolute Gasteiger partial charge is 0.124 e. The van der Waals surface area contributed by atoms with Gasteiger partial charge in [0.15, 0.2) is 0 Å². The summed E-state index contributed by atoms with van der Waals surface area (Å²) in [5.74, 6) is 1.01. The SMILES string of the molecule is COc1c(C)cc(C(CN)N2CCCC2)c(C)c1C. The van der Waals surface area contributed by atoms with E-state index in [1.165, 1.54) is 48.2 Å². The molecule has 0 amide bonds. The van der Waals surface area contributed by atoms with Crippen molar-refractivity contribution < 1.29 is 4.74 Å². The number of nitrogens with zero attached hydrogens (tertiary/aromatic N) is 1. The van der Waals surface area contributed by atoms with E-state index in [0.29, 0.717) is 12.6 Å². The third kappa shape index (κ3) is 2.63. The first-order valence-electron chi connectivity index (χ1n) is 7.19. The van der Waals surface area contributed by atoms with Gasteiger partial charge < -0.3 is 10.5 Å². The van der Waals surface area contributed by atoms with E-state index < -0.39 is 0 Å². The number of aryl methyl sites for hydroxylation is 1. The van der Waals surface area contributed by atoms with Crippen LogP contribution in [0.1, 0.15) is 41.1 Å². The van der Waals surface area contributed by atoms with E-state index >= 15 is 0 Å². The number of benzene rings is 1. The lowest BCUT2D eigenvalue weighted by atomic mass is 9.93. The van der Waals surface area contributed by atoms with Gasteiger partial charge in [0.25, 0.3) is 0 Å². The molecule has 0 aromatic heterocycles. The molecule has 1 unspecified atom stereocenters. The highest BCUT2D eigenvalue weighted by Gasteiger charge is 2.25. The van der Waals surface area contributed by atoms with Gasteiger partial charge in [-0.25, -0.2) is 0 Å². The topological polar surface area (TPSA) is 38.5 Å². The molecule has 19 heavy (non-hydrogen) atoms. The number of likely N-dealkylation sites (tertiary alicyclic amines) is 1. The fourth-order valence-corrected chi connectivity index (χ4v) is 3.28. The predicted molar refractivity (Wildman–Crippen MR) is 79.8 cm³/mol. The maximum atomic E-state index is 6.05. The first kappa shape index (κ1) is 14.4. The van der Waals surface area contributed by atoms with Crippen LogP contribution in [0.3, 0.4) is 0 Å². The summed E-state index contributed by atoms with van der Waals surface area (Å²) in [6.07, 6.45) is 2.59. The Morgan fingerprint density at radius 2 is 1.84 bits per heavy atom. The predicted octanol–water partition coefficient (Wildman–Crippen LogP) is 2.72. The van der Waals surface area contributed by atoms with Crippen LogP contribution in [0, 0.1) is 20.8 Å². The van der Waals surface area contributed by atoms with Crippen molar-refractivity contribution in [2.24, 2.45) is 5.73 Å². The van der Waals surface area contributed by atoms with Crippen LogP contribution in [0.15, 0.2) is 6.07 Å². The lowest BCUT2D eigenvalue weighted by molar-refractivity contribution is 0.250. The summed E-state index contributed by atoms with van der Waals surface area (Å²) >= 11 is 0. The molecule has 1 aromatic rings. The van der Waals surface area contributed by atoms with Gasteiger partial charge in [-0.2, -0.15) is 0 Å². The fraction of sp³-hybridized carbons (Fsp3) is 0.625. The molecule has 3 nitrogen and oxygen atoms in total. The standard InChI is InChI=1S/C16H26N2O/c1-11-9-14(12(2)13(3)16(11)19-4)15(10-17)18-7-5-6-8-18/h9,15H,5-8,10,17H2,1-4H3. The quantitative estimate of drug-likeness (QED) is 0.906. The van der Waals surface area contributed by atoms with Gasteiger partial charge >= 0.3 is 0 Å². The lowest BCUT2D eigenvalue weighted by Crippen LogP contribution is -2.32. The molecule has 3 heteroatoms. The summed E-state index contributed by atoms with van der Waals surface area (Å²) in [7, 11) is 1.75. The van der Waals surface area contributed by atoms with Crippen molar-refractivity contribution in [3.63, 3.8) is 0 Å². The van der Waals surface area contributed by atoms with Crippen molar-refractivity contribution >= 4 is 0 Å². The summed E-state index contributed by atoms with van der Waals surface area (Å²) in [5.41, 5.74) is 11.2. The van der Waals surface area contributed by atoms with Gasteiger partial charge in [0.05, 0.1) is 7.11 Å². The van der Waals surface area contributed by atoms with Crippen LogP contribution in [0.2, 0.25) is 0 Å². The maximum Gasteiger partial charge on any atom is 0.124 e. The second-order valence-electron chi connectivity index (χ2n) is 5.56. The number of nitrogens with two attached hydrogens (primary N) is 1. The van der Waals surface area contributed by atoms with Crippen molar-refractivity contribution in [2.45, 2.75) is 39.7 Å². The van der Waals surface area contributed by atoms with Crippen LogP contribution in [0.4, 0.5) is 0 Å². The number of rotatable bonds is 4. The van der Waals surface area contributed by atoms with E-state index in [1.807, 2.05) is 0 Å². The van der Waals surface area contributed by atoms with E-state index in [1.54, 1.807) is 7.11 Å². The first-order chi connectivity index (χ1) is 9.10. The molecule has 1 fully saturated rings. The molecule has 1 aliphatic heterocycles. The summed E-state index contributed by atoms with van der Waals surface area (Å²) in [6.45, 7) is 9.48. The summed E-state index contributed by atoms with van der Waals surface area (Å²) < 4.78 is 5.51. The van der Waals surface area contributed by atoms with Crippen molar-refractivity contribution in [3.05, 3.63) is 28.3 Å². The lowest BCUT2D eigenvalue weighted by Gasteiger charge is -2.29. The number of hydrogen-bond acceptors (Lipinski definition) is 3. The second kappa shape index (κ2) is 5.93. The minimum Gasteiger partial charge on any atom is -0.496 e. The van der Waals surface area contributed by atoms with Gasteiger partial charge in [-0.05, 0) is 69.0 Å². The minimum absolute atomic E-state index is 0.353. The van der Waals surface area contributed by atoms with Gasteiger partial charge in [0.2, 0.25) is 0 Å². The second-order valence-corrected chi connectivity index (χ2v) is 5.56. The van der Waals surface area contributed by atoms with Crippen LogP contribution in [0.25, 0.3) is 0 Å². The Kier molecular flexibility index (Phi) is 4.48. The van der Waals surface area contributed by atoms with Crippen molar-refractivity contribution in [3.8, 4) is 5.75 Å². The molecule has 1 aromatic carbocycles. The average molecular weight is 262 g/mol. The zero-order valence-corrected chi connectivity index (χ0v) is 12.6. The van der Waals surface area contributed by atoms with E-state index in [9.17, 15) is 0 Å². The molecule has 2 N–H and O–H groups in total. The van der Waals surface area contributed by atoms with Crippen LogP contribution in [-0.2, 0) is 0 Å². The van der Waals surface area contributed by atoms with Gasteiger partial charge in [-0.15, -0.1) is 0 Å². The molecule has 0 saturated carbocycles. The first-order valence-corrected chi connectivity index (χ1v) is 7.19. The molecule has 0 spiro atoms. The van der Waals surface area contributed by atoms with E-state index in [0.717, 1.165) is 5.75 Å². The molecule has 1 saturated heterocycles.